The molecule has 21 nitrogen and oxygen atoms in total. The second kappa shape index (κ2) is 32.9. The van der Waals surface area contributed by atoms with E-state index < -0.39 is 77.3 Å². The highest BCUT2D eigenvalue weighted by atomic mass is 35.7. The number of phenolic OH excluding ortho intramolecular Hbond substituents is 3. The molecule has 95 heavy (non-hydrogen) atoms. The number of rotatable bonds is 16. The van der Waals surface area contributed by atoms with Gasteiger partial charge in [-0.2, -0.15) is 0 Å². The van der Waals surface area contributed by atoms with Gasteiger partial charge in [-0.15, -0.1) is 0 Å². The first-order valence-electron chi connectivity index (χ1n) is 28.0. The number of anilines is 3. The van der Waals surface area contributed by atoms with E-state index in [0.29, 0.717) is 24.5 Å². The summed E-state index contributed by atoms with van der Waals surface area (Å²) in [5, 5.41) is 40.2. The SMILES string of the molecule is C1CNC1.COc1ccc(-c2ccccc2)cc1N.COc1ccc(-c2ccccc2)cc1NS(=O)(=O)c1cc(C(=O)N2CCC2)cc(Cl)c1O.COc1ccc(-c2ccccc2)cc1NS(=O)(=O)c1cc(C(=O)O)cc(Cl)c1O.O=C(Cl)c1cc(Cl)c(O)c(S(=O)(=O)Cl)c1. The largest absolute Gasteiger partial charge is 0.505 e. The fraction of sp³-hybridized carbons (Fsp3) is 0.136. The van der Waals surface area contributed by atoms with Gasteiger partial charge in [0.05, 0.1) is 59.0 Å². The van der Waals surface area contributed by atoms with E-state index in [0.717, 1.165) is 75.9 Å². The molecule has 2 saturated heterocycles. The standard InChI is InChI=1S/C23H21ClN2O5S.C20H16ClNO6S.C13H13NO.C7H3Cl3O4S.C3H7N/c1-31-20-9-8-16(15-6-3-2-4-7-15)13-19(20)25-32(29,30)21-14-17(12-18(24)22(21)27)23(28)26-10-5-11-26;1-28-17-8-7-13(12-5-3-2-4-6-12)10-16(17)22-29(26,27)18-11-14(20(24)25)9-15(21)19(18)23;1-15-13-8-7-11(9-12(13)14)10-5-3-2-4-6-10;8-4-1-3(7(9)12)2-5(6(4)11)15(10,13)14;1-2-4-3-1/h2-4,6-9,12-14,25,27H,5,10-11H2,1H3;2-11,22-23H,1H3,(H,24,25);2-9H,14H2,1H3;1-2,11H;4H,1-3H2. The van der Waals surface area contributed by atoms with E-state index in [1.807, 2.05) is 103 Å². The van der Waals surface area contributed by atoms with E-state index in [9.17, 15) is 55.0 Å². The summed E-state index contributed by atoms with van der Waals surface area (Å²) in [5.74, 6) is -2.55. The molecule has 0 spiro atoms. The van der Waals surface area contributed by atoms with Crippen LogP contribution in [-0.2, 0) is 29.1 Å². The first-order chi connectivity index (χ1) is 45.1. The number of nitrogens with one attached hydrogen (secondary N) is 3. The molecule has 9 aromatic carbocycles. The zero-order chi connectivity index (χ0) is 69.4. The number of carbonyl (C=O) groups is 3. The lowest BCUT2D eigenvalue weighted by atomic mass is 10.1. The number of methoxy groups -OCH3 is 3. The maximum absolute atomic E-state index is 13.2. The molecule has 1 amide bonds. The van der Waals surface area contributed by atoms with Crippen molar-refractivity contribution in [3.63, 3.8) is 0 Å². The summed E-state index contributed by atoms with van der Waals surface area (Å²) in [6.07, 6.45) is 2.28. The van der Waals surface area contributed by atoms with Gasteiger partial charge in [0.1, 0.15) is 31.9 Å². The minimum atomic E-state index is -4.38. The van der Waals surface area contributed by atoms with Gasteiger partial charge in [0.15, 0.2) is 17.2 Å². The molecule has 0 atom stereocenters. The van der Waals surface area contributed by atoms with E-state index in [1.54, 1.807) is 42.3 Å². The van der Waals surface area contributed by atoms with Gasteiger partial charge in [0.25, 0.3) is 40.2 Å². The van der Waals surface area contributed by atoms with Crippen LogP contribution in [0.1, 0.15) is 43.9 Å². The van der Waals surface area contributed by atoms with Crippen LogP contribution in [-0.4, -0.2) is 115 Å². The van der Waals surface area contributed by atoms with Crippen molar-refractivity contribution < 1.29 is 74.3 Å². The first kappa shape index (κ1) is 73.5. The summed E-state index contributed by atoms with van der Waals surface area (Å²) in [4.78, 5) is 34.4. The van der Waals surface area contributed by atoms with Gasteiger partial charge in [-0.05, 0) is 144 Å². The van der Waals surface area contributed by atoms with Crippen LogP contribution in [0.25, 0.3) is 33.4 Å². The molecule has 0 bridgehead atoms. The van der Waals surface area contributed by atoms with Gasteiger partial charge in [0, 0.05) is 34.9 Å². The lowest BCUT2D eigenvalue weighted by molar-refractivity contribution is 0.0649. The molecule has 2 aliphatic heterocycles. The molecule has 498 valence electrons. The Morgan fingerprint density at radius 3 is 1.17 bits per heavy atom. The Morgan fingerprint density at radius 2 is 0.832 bits per heavy atom. The number of phenols is 3. The van der Waals surface area contributed by atoms with Crippen LogP contribution in [0, 0.1) is 0 Å². The summed E-state index contributed by atoms with van der Waals surface area (Å²) in [6.45, 7) is 3.70. The minimum Gasteiger partial charge on any atom is -0.505 e. The number of likely N-dealkylation sites (tertiary alicyclic amines) is 1. The number of halogens is 5. The lowest BCUT2D eigenvalue weighted by Crippen LogP contribution is -2.42. The second-order valence-corrected chi connectivity index (χ2v) is 27.7. The monoisotopic (exact) mass is 1450 g/mol. The average Bonchev–Trinajstić information content (AvgIpc) is 0.791. The number of nitrogens with two attached hydrogens (primary N) is 1. The number of nitrogen functional groups attached to an aromatic ring is 1. The summed E-state index contributed by atoms with van der Waals surface area (Å²) in [6, 6.07) is 50.8. The van der Waals surface area contributed by atoms with E-state index in [4.69, 9.17) is 82.1 Å². The van der Waals surface area contributed by atoms with Crippen molar-refractivity contribution in [1.82, 2.24) is 10.2 Å². The summed E-state index contributed by atoms with van der Waals surface area (Å²) < 4.78 is 94.6. The molecular formula is C66H60Cl5N5O16S3. The van der Waals surface area contributed by atoms with E-state index in [2.05, 4.69) is 26.9 Å². The molecule has 29 heteroatoms. The average molecular weight is 1450 g/mol. The van der Waals surface area contributed by atoms with Crippen molar-refractivity contribution in [2.24, 2.45) is 0 Å². The fourth-order valence-electron chi connectivity index (χ4n) is 8.70. The van der Waals surface area contributed by atoms with Crippen molar-refractivity contribution in [1.29, 1.82) is 0 Å². The third-order valence-electron chi connectivity index (χ3n) is 13.9. The third-order valence-corrected chi connectivity index (χ3v) is 19.1. The van der Waals surface area contributed by atoms with Crippen molar-refractivity contribution in [3.8, 4) is 67.9 Å². The molecule has 2 fully saturated rings. The van der Waals surface area contributed by atoms with Crippen LogP contribution < -0.4 is 34.7 Å². The van der Waals surface area contributed by atoms with Gasteiger partial charge in [-0.25, -0.2) is 30.0 Å². The lowest BCUT2D eigenvalue weighted by Gasteiger charge is -2.31. The van der Waals surface area contributed by atoms with Crippen molar-refractivity contribution in [2.75, 3.05) is 62.7 Å². The van der Waals surface area contributed by atoms with Crippen LogP contribution in [0.5, 0.6) is 34.5 Å². The van der Waals surface area contributed by atoms with Crippen LogP contribution in [0.15, 0.2) is 197 Å². The topological polar surface area (TPSA) is 328 Å². The fourth-order valence-corrected chi connectivity index (χ4v) is 13.0. The maximum Gasteiger partial charge on any atom is 0.335 e. The molecule has 0 radical (unpaired) electrons. The quantitative estimate of drug-likeness (QED) is 0.0329. The number of sulfonamides is 2. The molecule has 0 aliphatic carbocycles. The second-order valence-electron chi connectivity index (χ2n) is 20.3. The van der Waals surface area contributed by atoms with Gasteiger partial charge >= 0.3 is 5.97 Å². The van der Waals surface area contributed by atoms with Crippen LogP contribution in [0.3, 0.4) is 0 Å². The normalized spacial score (nSPS) is 12.3. The molecular weight excluding hydrogens is 1390 g/mol. The number of hydrogen-bond donors (Lipinski definition) is 8. The molecule has 0 saturated carbocycles. The van der Waals surface area contributed by atoms with Crippen molar-refractivity contribution >= 4 is 120 Å². The molecule has 9 N–H and O–H groups in total. The predicted molar refractivity (Wildman–Crippen MR) is 369 cm³/mol. The minimum absolute atomic E-state index is 0.0953. The molecule has 0 unspecified atom stereocenters. The number of hydrogen-bond acceptors (Lipinski definition) is 17. The molecule has 9 aromatic rings. The van der Waals surface area contributed by atoms with Gasteiger partial charge in [0.2, 0.25) is 0 Å². The smallest absolute Gasteiger partial charge is 0.335 e. The summed E-state index contributed by atoms with van der Waals surface area (Å²) in [5.41, 5.74) is 11.9. The molecule has 11 rings (SSSR count). The Balaban J connectivity index is 0.000000184. The molecule has 0 aromatic heterocycles. The van der Waals surface area contributed by atoms with Crippen molar-refractivity contribution in [2.45, 2.75) is 27.5 Å². The molecule has 2 aliphatic rings. The predicted octanol–water partition coefficient (Wildman–Crippen LogP) is 13.9. The zero-order valence-corrected chi connectivity index (χ0v) is 56.6. The Hall–Kier alpha value is -8.95. The number of ether oxygens (including phenoxy) is 3. The van der Waals surface area contributed by atoms with Gasteiger partial charge in [-0.3, -0.25) is 19.0 Å². The number of amides is 1. The van der Waals surface area contributed by atoms with E-state index >= 15 is 0 Å². The van der Waals surface area contributed by atoms with E-state index in [-0.39, 0.29) is 49.8 Å². The van der Waals surface area contributed by atoms with Gasteiger partial charge < -0.3 is 50.6 Å². The Labute approximate surface area is 572 Å². The van der Waals surface area contributed by atoms with E-state index in [1.165, 1.54) is 39.8 Å². The summed E-state index contributed by atoms with van der Waals surface area (Å²) in [7, 11) is -3.43. The van der Waals surface area contributed by atoms with Crippen LogP contribution in [0.2, 0.25) is 15.1 Å². The third kappa shape index (κ3) is 19.4. The maximum atomic E-state index is 13.2. The summed E-state index contributed by atoms with van der Waals surface area (Å²) >= 11 is 22.5. The molecule has 2 heterocycles. The first-order valence-corrected chi connectivity index (χ1v) is 34.8. The van der Waals surface area contributed by atoms with Crippen LogP contribution >= 0.6 is 57.1 Å². The Bertz CT molecular complexity index is 4610. The number of aromatic hydroxyl groups is 3. The number of benzene rings is 9. The zero-order valence-electron chi connectivity index (χ0n) is 50.4. The Kier molecular flexibility index (Phi) is 25.5. The number of carbonyl (C=O) groups excluding carboxylic acids is 2. The highest BCUT2D eigenvalue weighted by Gasteiger charge is 2.29. The van der Waals surface area contributed by atoms with Crippen molar-refractivity contribution in [3.05, 3.63) is 214 Å². The number of nitrogens with zero attached hydrogens (tertiary/aromatic N) is 1. The highest BCUT2D eigenvalue weighted by Crippen LogP contribution is 2.40. The highest BCUT2D eigenvalue weighted by molar-refractivity contribution is 8.13. The number of aromatic carboxylic acids is 1. The number of carboxylic acid groups (broad SMARTS) is 1. The number of carboxylic acids is 1. The Morgan fingerprint density at radius 1 is 0.484 bits per heavy atom. The van der Waals surface area contributed by atoms with Gasteiger partial charge in [-0.1, -0.05) is 144 Å². The van der Waals surface area contributed by atoms with Crippen LogP contribution in [0.4, 0.5) is 17.1 Å².